The molecule has 0 spiro atoms. The zero-order chi connectivity index (χ0) is 22.0. The van der Waals surface area contributed by atoms with Crippen molar-refractivity contribution in [3.63, 3.8) is 0 Å². The summed E-state index contributed by atoms with van der Waals surface area (Å²) in [6.07, 6.45) is 0. The summed E-state index contributed by atoms with van der Waals surface area (Å²) in [7, 11) is 3.01. The highest BCUT2D eigenvalue weighted by molar-refractivity contribution is 6.60. The zero-order valence-corrected chi connectivity index (χ0v) is 17.6. The van der Waals surface area contributed by atoms with E-state index in [4.69, 9.17) is 25.8 Å². The summed E-state index contributed by atoms with van der Waals surface area (Å²) in [5.74, 6) is 1.09. The Bertz CT molecular complexity index is 1170. The molecule has 3 aromatic rings. The first-order valence-electron chi connectivity index (χ1n) is 9.37. The number of hydrogen-bond donors (Lipinski definition) is 0. The van der Waals surface area contributed by atoms with E-state index in [1.54, 1.807) is 42.5 Å². The fraction of sp³-hybridized carbons (Fsp3) is 0.0833. The Morgan fingerprint density at radius 2 is 1.39 bits per heavy atom. The monoisotopic (exact) mass is 435 g/mol. The summed E-state index contributed by atoms with van der Waals surface area (Å²) in [6.45, 7) is 0. The molecule has 31 heavy (non-hydrogen) atoms. The first-order chi connectivity index (χ1) is 15.0. The fourth-order valence-electron chi connectivity index (χ4n) is 3.27. The van der Waals surface area contributed by atoms with Crippen molar-refractivity contribution in [2.24, 2.45) is 0 Å². The van der Waals surface area contributed by atoms with Gasteiger partial charge in [0.25, 0.3) is 11.8 Å². The van der Waals surface area contributed by atoms with Crippen molar-refractivity contribution in [2.45, 2.75) is 0 Å². The highest BCUT2D eigenvalue weighted by Gasteiger charge is 2.39. The molecule has 3 aromatic carbocycles. The highest BCUT2D eigenvalue weighted by atomic mass is 35.5. The first kappa shape index (κ1) is 20.5. The third-order valence-corrected chi connectivity index (χ3v) is 5.12. The minimum Gasteiger partial charge on any atom is -0.493 e. The van der Waals surface area contributed by atoms with Crippen molar-refractivity contribution in [1.82, 2.24) is 0 Å². The van der Waals surface area contributed by atoms with E-state index in [9.17, 15) is 9.59 Å². The molecule has 0 aromatic heterocycles. The van der Waals surface area contributed by atoms with E-state index >= 15 is 0 Å². The van der Waals surface area contributed by atoms with E-state index in [1.807, 2.05) is 30.3 Å². The van der Waals surface area contributed by atoms with Gasteiger partial charge in [0, 0.05) is 0 Å². The van der Waals surface area contributed by atoms with Crippen LogP contribution in [-0.2, 0) is 9.59 Å². The average molecular weight is 436 g/mol. The number of hydrogen-bond acceptors (Lipinski definition) is 5. The van der Waals surface area contributed by atoms with E-state index in [0.717, 1.165) is 4.90 Å². The van der Waals surface area contributed by atoms with Crippen LogP contribution >= 0.6 is 11.6 Å². The predicted octanol–water partition coefficient (Wildman–Crippen LogP) is 5.02. The molecule has 7 heteroatoms. The number of imide groups is 1. The van der Waals surface area contributed by atoms with Crippen LogP contribution in [0.4, 0.5) is 5.69 Å². The third kappa shape index (κ3) is 3.85. The van der Waals surface area contributed by atoms with Gasteiger partial charge in [-0.1, -0.05) is 35.9 Å². The number of para-hydroxylation sites is 1. The van der Waals surface area contributed by atoms with Crippen molar-refractivity contribution < 1.29 is 23.8 Å². The molecule has 0 saturated carbocycles. The minimum absolute atomic E-state index is 0.109. The normalized spacial score (nSPS) is 13.6. The number of ether oxygens (including phenoxy) is 3. The third-order valence-electron chi connectivity index (χ3n) is 4.77. The smallest absolute Gasteiger partial charge is 0.277 e. The molecule has 0 atom stereocenters. The first-order valence-corrected chi connectivity index (χ1v) is 9.75. The van der Waals surface area contributed by atoms with Gasteiger partial charge >= 0.3 is 0 Å². The largest absolute Gasteiger partial charge is 0.493 e. The molecule has 6 nitrogen and oxygen atoms in total. The lowest BCUT2D eigenvalue weighted by atomic mass is 10.1. The van der Waals surface area contributed by atoms with E-state index in [1.165, 1.54) is 14.2 Å². The summed E-state index contributed by atoms with van der Waals surface area (Å²) in [4.78, 5) is 26.9. The number of methoxy groups -OCH3 is 2. The van der Waals surface area contributed by atoms with Crippen molar-refractivity contribution in [3.8, 4) is 23.0 Å². The number of nitrogens with zero attached hydrogens (tertiary/aromatic N) is 1. The molecule has 0 aliphatic carbocycles. The van der Waals surface area contributed by atoms with Crippen molar-refractivity contribution >= 4 is 34.7 Å². The van der Waals surface area contributed by atoms with Crippen molar-refractivity contribution in [2.75, 3.05) is 19.1 Å². The van der Waals surface area contributed by atoms with Gasteiger partial charge in [-0.3, -0.25) is 9.59 Å². The number of halogens is 1. The van der Waals surface area contributed by atoms with Crippen LogP contribution in [0.5, 0.6) is 23.0 Å². The molecule has 0 fully saturated rings. The Morgan fingerprint density at radius 3 is 2.03 bits per heavy atom. The molecular formula is C24H18ClNO5. The molecule has 0 saturated heterocycles. The van der Waals surface area contributed by atoms with Crippen LogP contribution in [0, 0.1) is 0 Å². The number of rotatable bonds is 6. The van der Waals surface area contributed by atoms with Crippen molar-refractivity contribution in [1.29, 1.82) is 0 Å². The van der Waals surface area contributed by atoms with Crippen LogP contribution in [0.1, 0.15) is 5.56 Å². The molecule has 1 aliphatic heterocycles. The number of carbonyl (C=O) groups excluding carboxylic acids is 2. The second-order valence-electron chi connectivity index (χ2n) is 6.61. The zero-order valence-electron chi connectivity index (χ0n) is 16.8. The predicted molar refractivity (Wildman–Crippen MR) is 118 cm³/mol. The minimum atomic E-state index is -0.590. The molecule has 0 bridgehead atoms. The Kier molecular flexibility index (Phi) is 5.64. The van der Waals surface area contributed by atoms with Gasteiger partial charge in [0.2, 0.25) is 0 Å². The summed E-state index contributed by atoms with van der Waals surface area (Å²) >= 11 is 6.28. The lowest BCUT2D eigenvalue weighted by Gasteiger charge is -2.16. The Hall–Kier alpha value is -3.77. The maximum absolute atomic E-state index is 13.1. The van der Waals surface area contributed by atoms with E-state index < -0.39 is 11.8 Å². The van der Waals surface area contributed by atoms with Crippen LogP contribution in [0.25, 0.3) is 5.57 Å². The Morgan fingerprint density at radius 1 is 0.742 bits per heavy atom. The SMILES string of the molecule is COc1ccc(C2=C(Cl)C(=O)N(c3ccc(Oc4ccccc4)cc3)C2=O)cc1OC. The number of amides is 2. The molecular weight excluding hydrogens is 418 g/mol. The molecule has 1 aliphatic rings. The van der Waals surface area contributed by atoms with Crippen molar-refractivity contribution in [3.05, 3.63) is 83.4 Å². The second-order valence-corrected chi connectivity index (χ2v) is 6.99. The van der Waals surface area contributed by atoms with Crippen LogP contribution in [0.15, 0.2) is 77.8 Å². The van der Waals surface area contributed by atoms with Crippen LogP contribution < -0.4 is 19.1 Å². The van der Waals surface area contributed by atoms with E-state index in [2.05, 4.69) is 0 Å². The van der Waals surface area contributed by atoms with Crippen LogP contribution in [-0.4, -0.2) is 26.0 Å². The fourth-order valence-corrected chi connectivity index (χ4v) is 3.54. The summed E-state index contributed by atoms with van der Waals surface area (Å²) in [6, 6.07) is 20.9. The quantitative estimate of drug-likeness (QED) is 0.509. The second kappa shape index (κ2) is 8.53. The maximum atomic E-state index is 13.1. The number of anilines is 1. The molecule has 0 N–H and O–H groups in total. The van der Waals surface area contributed by atoms with E-state index in [-0.39, 0.29) is 10.6 Å². The molecule has 1 heterocycles. The van der Waals surface area contributed by atoms with E-state index in [0.29, 0.717) is 34.2 Å². The lowest BCUT2D eigenvalue weighted by molar-refractivity contribution is -0.119. The van der Waals surface area contributed by atoms with Crippen LogP contribution in [0.2, 0.25) is 0 Å². The van der Waals surface area contributed by atoms with Gasteiger partial charge < -0.3 is 14.2 Å². The standard InChI is InChI=1S/C24H18ClNO5/c1-29-19-13-8-15(14-20(19)30-2)21-22(25)24(28)26(23(21)27)16-9-11-18(12-10-16)31-17-6-4-3-5-7-17/h3-14H,1-2H3. The maximum Gasteiger partial charge on any atom is 0.277 e. The molecule has 0 unspecified atom stereocenters. The highest BCUT2D eigenvalue weighted by Crippen LogP contribution is 2.38. The molecule has 156 valence electrons. The topological polar surface area (TPSA) is 65.1 Å². The van der Waals surface area contributed by atoms with Gasteiger partial charge in [-0.25, -0.2) is 4.90 Å². The Labute approximate surface area is 184 Å². The average Bonchev–Trinajstić information content (AvgIpc) is 3.02. The van der Waals surface area contributed by atoms with Gasteiger partial charge in [0.05, 0.1) is 25.5 Å². The van der Waals surface area contributed by atoms with Gasteiger partial charge in [-0.2, -0.15) is 0 Å². The van der Waals surface area contributed by atoms with Gasteiger partial charge in [-0.15, -0.1) is 0 Å². The molecule has 4 rings (SSSR count). The summed E-state index contributed by atoms with van der Waals surface area (Å²) in [5, 5.41) is -0.151. The van der Waals surface area contributed by atoms with Crippen LogP contribution in [0.3, 0.4) is 0 Å². The summed E-state index contributed by atoms with van der Waals surface area (Å²) < 4.78 is 16.3. The lowest BCUT2D eigenvalue weighted by Crippen LogP contribution is -2.31. The number of carbonyl (C=O) groups is 2. The summed E-state index contributed by atoms with van der Waals surface area (Å²) in [5.41, 5.74) is 0.966. The Balaban J connectivity index is 1.61. The molecule has 0 radical (unpaired) electrons. The molecule has 2 amide bonds. The number of benzene rings is 3. The van der Waals surface area contributed by atoms with Gasteiger partial charge in [0.15, 0.2) is 11.5 Å². The van der Waals surface area contributed by atoms with Gasteiger partial charge in [-0.05, 0) is 54.1 Å². The van der Waals surface area contributed by atoms with Gasteiger partial charge in [0.1, 0.15) is 16.5 Å².